The minimum atomic E-state index is -0.381. The number of benzene rings is 2. The molecular formula is C21H22ClNO3. The first-order valence-corrected chi connectivity index (χ1v) is 9.05. The van der Waals surface area contributed by atoms with E-state index in [1.54, 1.807) is 18.2 Å². The zero-order valence-electron chi connectivity index (χ0n) is 14.5. The molecule has 1 fully saturated rings. The van der Waals surface area contributed by atoms with Gasteiger partial charge in [0, 0.05) is 30.7 Å². The maximum atomic E-state index is 11.9. The smallest absolute Gasteiger partial charge is 0.330 e. The molecule has 2 aromatic carbocycles. The van der Waals surface area contributed by atoms with Gasteiger partial charge in [0.2, 0.25) is 0 Å². The van der Waals surface area contributed by atoms with Gasteiger partial charge in [-0.3, -0.25) is 4.90 Å². The van der Waals surface area contributed by atoms with Crippen LogP contribution in [0.4, 0.5) is 0 Å². The Balaban J connectivity index is 1.44. The molecule has 1 aliphatic heterocycles. The number of esters is 1. The van der Waals surface area contributed by atoms with E-state index in [0.29, 0.717) is 11.6 Å². The van der Waals surface area contributed by atoms with Crippen molar-refractivity contribution in [3.63, 3.8) is 0 Å². The van der Waals surface area contributed by atoms with E-state index in [4.69, 9.17) is 21.1 Å². The summed E-state index contributed by atoms with van der Waals surface area (Å²) in [6.07, 6.45) is 3.00. The van der Waals surface area contributed by atoms with E-state index in [1.165, 1.54) is 11.6 Å². The van der Waals surface area contributed by atoms with Gasteiger partial charge < -0.3 is 9.47 Å². The number of rotatable bonds is 6. The van der Waals surface area contributed by atoms with Crippen LogP contribution < -0.4 is 0 Å². The minimum absolute atomic E-state index is 0.101. The lowest BCUT2D eigenvalue weighted by atomic mass is 10.2. The maximum absolute atomic E-state index is 11.9. The Hall–Kier alpha value is -2.14. The lowest BCUT2D eigenvalue weighted by molar-refractivity contribution is -0.144. The van der Waals surface area contributed by atoms with Crippen LogP contribution in [0.2, 0.25) is 5.02 Å². The van der Waals surface area contributed by atoms with E-state index < -0.39 is 0 Å². The summed E-state index contributed by atoms with van der Waals surface area (Å²) in [6, 6.07) is 17.6. The summed E-state index contributed by atoms with van der Waals surface area (Å²) in [5.41, 5.74) is 2.13. The van der Waals surface area contributed by atoms with E-state index in [9.17, 15) is 4.79 Å². The van der Waals surface area contributed by atoms with Gasteiger partial charge in [0.05, 0.1) is 6.61 Å². The molecular weight excluding hydrogens is 350 g/mol. The van der Waals surface area contributed by atoms with Gasteiger partial charge in [-0.05, 0) is 29.3 Å². The minimum Gasteiger partial charge on any atom is -0.460 e. The fourth-order valence-electron chi connectivity index (χ4n) is 2.86. The first-order chi connectivity index (χ1) is 12.7. The maximum Gasteiger partial charge on any atom is 0.330 e. The van der Waals surface area contributed by atoms with Crippen LogP contribution in [0.3, 0.4) is 0 Å². The number of hydrogen-bond acceptors (Lipinski definition) is 4. The Bertz CT molecular complexity index is 748. The molecule has 1 atom stereocenters. The Kier molecular flexibility index (Phi) is 6.83. The molecule has 5 heteroatoms. The summed E-state index contributed by atoms with van der Waals surface area (Å²) in [6.45, 7) is 3.41. The molecule has 1 heterocycles. The van der Waals surface area contributed by atoms with E-state index >= 15 is 0 Å². The third-order valence-corrected chi connectivity index (χ3v) is 4.38. The van der Waals surface area contributed by atoms with Crippen molar-refractivity contribution in [1.82, 2.24) is 4.90 Å². The van der Waals surface area contributed by atoms with Crippen molar-refractivity contribution in [2.75, 3.05) is 26.3 Å². The highest BCUT2D eigenvalue weighted by molar-refractivity contribution is 6.30. The van der Waals surface area contributed by atoms with Crippen LogP contribution in [-0.4, -0.2) is 43.3 Å². The predicted octanol–water partition coefficient (Wildman–Crippen LogP) is 3.80. The fraction of sp³-hybridized carbons (Fsp3) is 0.286. The highest BCUT2D eigenvalue weighted by atomic mass is 35.5. The number of ether oxygens (including phenoxy) is 2. The van der Waals surface area contributed by atoms with Crippen molar-refractivity contribution in [2.24, 2.45) is 0 Å². The van der Waals surface area contributed by atoms with Crippen LogP contribution in [0.15, 0.2) is 60.7 Å². The Morgan fingerprint density at radius 2 is 2.08 bits per heavy atom. The molecule has 0 aliphatic carbocycles. The van der Waals surface area contributed by atoms with E-state index in [2.05, 4.69) is 17.0 Å². The fourth-order valence-corrected chi connectivity index (χ4v) is 3.06. The molecule has 1 aliphatic rings. The average Bonchev–Trinajstić information content (AvgIpc) is 2.66. The molecule has 3 rings (SSSR count). The molecule has 4 nitrogen and oxygen atoms in total. The number of hydrogen-bond donors (Lipinski definition) is 0. The number of morpholine rings is 1. The summed E-state index contributed by atoms with van der Waals surface area (Å²) in [5, 5.41) is 0.634. The second-order valence-electron chi connectivity index (χ2n) is 6.23. The van der Waals surface area contributed by atoms with Gasteiger partial charge in [0.25, 0.3) is 0 Å². The molecule has 0 radical (unpaired) electrons. The van der Waals surface area contributed by atoms with Crippen molar-refractivity contribution >= 4 is 23.6 Å². The molecule has 0 aromatic heterocycles. The summed E-state index contributed by atoms with van der Waals surface area (Å²) >= 11 is 5.92. The van der Waals surface area contributed by atoms with Crippen molar-refractivity contribution in [3.8, 4) is 0 Å². The van der Waals surface area contributed by atoms with Crippen LogP contribution in [-0.2, 0) is 20.8 Å². The normalized spacial score (nSPS) is 18.1. The second kappa shape index (κ2) is 9.53. The number of halogens is 1. The Labute approximate surface area is 159 Å². The lowest BCUT2D eigenvalue weighted by Crippen LogP contribution is -2.44. The van der Waals surface area contributed by atoms with Gasteiger partial charge in [-0.25, -0.2) is 4.79 Å². The summed E-state index contributed by atoms with van der Waals surface area (Å²) in [7, 11) is 0. The Morgan fingerprint density at radius 1 is 1.23 bits per heavy atom. The van der Waals surface area contributed by atoms with Crippen molar-refractivity contribution in [2.45, 2.75) is 12.6 Å². The third kappa shape index (κ3) is 5.99. The molecule has 1 unspecified atom stereocenters. The van der Waals surface area contributed by atoms with Crippen molar-refractivity contribution in [3.05, 3.63) is 76.8 Å². The first kappa shape index (κ1) is 18.6. The molecule has 0 bridgehead atoms. The highest BCUT2D eigenvalue weighted by Gasteiger charge is 2.21. The standard InChI is InChI=1S/C21H22ClNO3/c22-19-8-4-7-17(13-19)9-10-21(24)26-16-20-15-23(11-12-25-20)14-18-5-2-1-3-6-18/h1-10,13,20H,11-12,14-16H2/b10-9+. The van der Waals surface area contributed by atoms with Gasteiger partial charge >= 0.3 is 5.97 Å². The molecule has 136 valence electrons. The second-order valence-corrected chi connectivity index (χ2v) is 6.67. The van der Waals surface area contributed by atoms with Gasteiger partial charge in [0.1, 0.15) is 12.7 Å². The number of carbonyl (C=O) groups is 1. The number of carbonyl (C=O) groups excluding carboxylic acids is 1. The molecule has 0 N–H and O–H groups in total. The summed E-state index contributed by atoms with van der Waals surface area (Å²) < 4.78 is 11.0. The largest absolute Gasteiger partial charge is 0.460 e. The van der Waals surface area contributed by atoms with Crippen molar-refractivity contribution < 1.29 is 14.3 Å². The van der Waals surface area contributed by atoms with Crippen LogP contribution in [0.1, 0.15) is 11.1 Å². The Morgan fingerprint density at radius 3 is 2.88 bits per heavy atom. The molecule has 26 heavy (non-hydrogen) atoms. The quantitative estimate of drug-likeness (QED) is 0.572. The molecule has 0 saturated carbocycles. The van der Waals surface area contributed by atoms with Crippen LogP contribution >= 0.6 is 11.6 Å². The SMILES string of the molecule is O=C(/C=C/c1cccc(Cl)c1)OCC1CN(Cc2ccccc2)CCO1. The molecule has 1 saturated heterocycles. The van der Waals surface area contributed by atoms with Gasteiger partial charge in [-0.1, -0.05) is 54.1 Å². The van der Waals surface area contributed by atoms with Crippen LogP contribution in [0, 0.1) is 0 Å². The highest BCUT2D eigenvalue weighted by Crippen LogP contribution is 2.13. The molecule has 2 aromatic rings. The zero-order chi connectivity index (χ0) is 18.2. The van der Waals surface area contributed by atoms with E-state index in [0.717, 1.165) is 25.2 Å². The van der Waals surface area contributed by atoms with E-state index in [1.807, 2.05) is 30.3 Å². The van der Waals surface area contributed by atoms with E-state index in [-0.39, 0.29) is 18.7 Å². The van der Waals surface area contributed by atoms with Crippen LogP contribution in [0.25, 0.3) is 6.08 Å². The predicted molar refractivity (Wildman–Crippen MR) is 103 cm³/mol. The summed E-state index contributed by atoms with van der Waals surface area (Å²) in [5.74, 6) is -0.381. The first-order valence-electron chi connectivity index (χ1n) is 8.67. The molecule has 0 amide bonds. The lowest BCUT2D eigenvalue weighted by Gasteiger charge is -2.32. The number of nitrogens with zero attached hydrogens (tertiary/aromatic N) is 1. The topological polar surface area (TPSA) is 38.8 Å². The summed E-state index contributed by atoms with van der Waals surface area (Å²) in [4.78, 5) is 14.2. The van der Waals surface area contributed by atoms with Gasteiger partial charge in [-0.15, -0.1) is 0 Å². The molecule has 0 spiro atoms. The third-order valence-electron chi connectivity index (χ3n) is 4.14. The van der Waals surface area contributed by atoms with Crippen molar-refractivity contribution in [1.29, 1.82) is 0 Å². The monoisotopic (exact) mass is 371 g/mol. The van der Waals surface area contributed by atoms with Crippen LogP contribution in [0.5, 0.6) is 0 Å². The zero-order valence-corrected chi connectivity index (χ0v) is 15.3. The average molecular weight is 372 g/mol. The van der Waals surface area contributed by atoms with Gasteiger partial charge in [-0.2, -0.15) is 0 Å². The van der Waals surface area contributed by atoms with Gasteiger partial charge in [0.15, 0.2) is 0 Å².